The Balaban J connectivity index is 1.41. The number of fused-ring (bicyclic) bond motifs is 7. The van der Waals surface area contributed by atoms with E-state index in [0.717, 1.165) is 57.8 Å². The summed E-state index contributed by atoms with van der Waals surface area (Å²) < 4.78 is 5.81. The molecule has 0 heterocycles. The van der Waals surface area contributed by atoms with Crippen molar-refractivity contribution >= 4 is 18.2 Å². The lowest BCUT2D eigenvalue weighted by atomic mass is 9.38. The Hall–Kier alpha value is -1.69. The molecule has 12 atom stereocenters. The quantitative estimate of drug-likeness (QED) is 0.265. The van der Waals surface area contributed by atoms with Crippen molar-refractivity contribution in [2.75, 3.05) is 0 Å². The van der Waals surface area contributed by atoms with E-state index >= 15 is 0 Å². The van der Waals surface area contributed by atoms with Gasteiger partial charge in [0.1, 0.15) is 18.5 Å². The highest BCUT2D eigenvalue weighted by molar-refractivity contribution is 5.76. The molecule has 0 spiro atoms. The van der Waals surface area contributed by atoms with Gasteiger partial charge in [0.2, 0.25) is 0 Å². The molecule has 4 saturated carbocycles. The molecule has 4 fully saturated rings. The van der Waals surface area contributed by atoms with Crippen LogP contribution in [0.2, 0.25) is 0 Å². The summed E-state index contributed by atoms with van der Waals surface area (Å²) in [5.74, 6) is 1.70. The van der Waals surface area contributed by atoms with Gasteiger partial charge in [0.15, 0.2) is 0 Å². The molecular formula is C32H48O6. The summed E-state index contributed by atoms with van der Waals surface area (Å²) in [5.41, 5.74) is 1.19. The number of aliphatic hydroxyl groups is 1. The minimum atomic E-state index is -1.30. The first-order valence-corrected chi connectivity index (χ1v) is 15.1. The molecule has 6 heteroatoms. The monoisotopic (exact) mass is 528 g/mol. The summed E-state index contributed by atoms with van der Waals surface area (Å²) in [6, 6.07) is 0. The molecule has 0 amide bonds. The van der Waals surface area contributed by atoms with Gasteiger partial charge in [-0.05, 0) is 110 Å². The summed E-state index contributed by atoms with van der Waals surface area (Å²) >= 11 is 0. The van der Waals surface area contributed by atoms with E-state index < -0.39 is 23.5 Å². The Morgan fingerprint density at radius 1 is 1.03 bits per heavy atom. The van der Waals surface area contributed by atoms with Crippen molar-refractivity contribution in [1.82, 2.24) is 0 Å². The molecule has 0 aromatic heterocycles. The van der Waals surface area contributed by atoms with Crippen LogP contribution in [0.3, 0.4) is 0 Å². The summed E-state index contributed by atoms with van der Waals surface area (Å²) in [7, 11) is 0. The molecule has 2 N–H and O–H groups in total. The lowest BCUT2D eigenvalue weighted by molar-refractivity contribution is -0.182. The third kappa shape index (κ3) is 4.02. The largest absolute Gasteiger partial charge is 0.481 e. The van der Waals surface area contributed by atoms with Crippen LogP contribution in [0.25, 0.3) is 0 Å². The average molecular weight is 529 g/mol. The third-order valence-electron chi connectivity index (χ3n) is 13.0. The number of carbonyl (C=O) groups is 3. The van der Waals surface area contributed by atoms with Crippen LogP contribution in [0.1, 0.15) is 98.8 Å². The number of carboxylic acid groups (broad SMARTS) is 1. The predicted octanol–water partition coefficient (Wildman–Crippen LogP) is 5.81. The van der Waals surface area contributed by atoms with Gasteiger partial charge in [0.05, 0.1) is 11.8 Å². The zero-order valence-electron chi connectivity index (χ0n) is 23.9. The zero-order chi connectivity index (χ0) is 27.6. The van der Waals surface area contributed by atoms with Crippen molar-refractivity contribution in [2.45, 2.75) is 111 Å². The van der Waals surface area contributed by atoms with Crippen LogP contribution in [-0.2, 0) is 19.1 Å². The van der Waals surface area contributed by atoms with Crippen LogP contribution in [-0.4, -0.2) is 40.6 Å². The van der Waals surface area contributed by atoms with Gasteiger partial charge in [-0.3, -0.25) is 9.59 Å². The van der Waals surface area contributed by atoms with E-state index in [2.05, 4.69) is 40.7 Å². The highest BCUT2D eigenvalue weighted by atomic mass is 16.5. The molecule has 5 aliphatic rings. The lowest BCUT2D eigenvalue weighted by Crippen LogP contribution is -2.61. The zero-order valence-corrected chi connectivity index (χ0v) is 23.9. The molecule has 0 radical (unpaired) electrons. The molecule has 0 aliphatic heterocycles. The van der Waals surface area contributed by atoms with E-state index in [1.165, 1.54) is 5.57 Å². The van der Waals surface area contributed by atoms with Crippen molar-refractivity contribution in [3.8, 4) is 0 Å². The lowest BCUT2D eigenvalue weighted by Gasteiger charge is -2.66. The van der Waals surface area contributed by atoms with Crippen LogP contribution in [0.5, 0.6) is 0 Å². The summed E-state index contributed by atoms with van der Waals surface area (Å²) in [6.45, 7) is 11.8. The maximum Gasteiger partial charge on any atom is 0.310 e. The fourth-order valence-corrected chi connectivity index (χ4v) is 10.7. The van der Waals surface area contributed by atoms with Gasteiger partial charge >= 0.3 is 11.9 Å². The van der Waals surface area contributed by atoms with Gasteiger partial charge in [-0.2, -0.15) is 0 Å². The number of esters is 1. The first-order valence-electron chi connectivity index (χ1n) is 15.1. The Labute approximate surface area is 228 Å². The highest BCUT2D eigenvalue weighted by Gasteiger charge is 2.65. The maximum atomic E-state index is 12.8. The van der Waals surface area contributed by atoms with Gasteiger partial charge in [0, 0.05) is 0 Å². The smallest absolute Gasteiger partial charge is 0.310 e. The third-order valence-corrected chi connectivity index (χ3v) is 13.0. The second-order valence-electron chi connectivity index (χ2n) is 14.4. The number of aldehydes is 1. The van der Waals surface area contributed by atoms with Crippen molar-refractivity contribution < 1.29 is 29.3 Å². The van der Waals surface area contributed by atoms with Gasteiger partial charge in [-0.25, -0.2) is 0 Å². The number of carboxylic acids is 1. The SMILES string of the molecule is CC1C(OC(=O)CC(O)C=O)CCC2(C)C1CCC1(C)C3CCC4(C(=O)O)CC[C@@H](C)C(C)C4C3=CCC12. The predicted molar refractivity (Wildman–Crippen MR) is 144 cm³/mol. The molecule has 11 unspecified atom stereocenters. The van der Waals surface area contributed by atoms with E-state index in [-0.39, 0.29) is 35.2 Å². The highest BCUT2D eigenvalue weighted by Crippen LogP contribution is 2.70. The average Bonchev–Trinajstić information content (AvgIpc) is 2.87. The van der Waals surface area contributed by atoms with E-state index in [0.29, 0.717) is 35.9 Å². The second kappa shape index (κ2) is 9.74. The number of hydrogen-bond donors (Lipinski definition) is 2. The first-order chi connectivity index (χ1) is 17.9. The number of allylic oxidation sites excluding steroid dienone is 2. The Morgan fingerprint density at radius 3 is 2.39 bits per heavy atom. The van der Waals surface area contributed by atoms with Gasteiger partial charge in [0.25, 0.3) is 0 Å². The number of ether oxygens (including phenoxy) is 1. The van der Waals surface area contributed by atoms with Crippen molar-refractivity contribution in [3.05, 3.63) is 11.6 Å². The fraction of sp³-hybridized carbons (Fsp3) is 0.844. The minimum Gasteiger partial charge on any atom is -0.481 e. The fourth-order valence-electron chi connectivity index (χ4n) is 10.7. The standard InChI is InChI=1S/C32H48O6/c1-18-8-14-32(29(36)37)15-10-24-22(28(32)19(18)2)6-7-26-30(4)13-11-25(38-27(35)16-21(34)17-33)20(3)23(30)9-12-31(24,26)5/h6,17-21,23-26,28,34H,7-16H2,1-5H3,(H,36,37)/t18-,19?,20?,21?,23?,24?,25?,26?,28?,30?,31?,32?/m1/s1. The molecule has 6 nitrogen and oxygen atoms in total. The van der Waals surface area contributed by atoms with Crippen molar-refractivity contribution in [2.24, 2.45) is 57.7 Å². The van der Waals surface area contributed by atoms with Crippen LogP contribution in [0.15, 0.2) is 11.6 Å². The van der Waals surface area contributed by atoms with Crippen molar-refractivity contribution in [3.63, 3.8) is 0 Å². The van der Waals surface area contributed by atoms with Crippen molar-refractivity contribution in [1.29, 1.82) is 0 Å². The minimum absolute atomic E-state index is 0.145. The molecule has 5 rings (SSSR count). The molecule has 0 aromatic carbocycles. The second-order valence-corrected chi connectivity index (χ2v) is 14.4. The molecule has 5 aliphatic carbocycles. The Kier molecular flexibility index (Phi) is 7.14. The topological polar surface area (TPSA) is 101 Å². The first kappa shape index (κ1) is 27.9. The summed E-state index contributed by atoms with van der Waals surface area (Å²) in [5, 5.41) is 20.0. The number of hydrogen-bond acceptors (Lipinski definition) is 5. The maximum absolute atomic E-state index is 12.8. The van der Waals surface area contributed by atoms with E-state index in [4.69, 9.17) is 4.74 Å². The number of rotatable bonds is 5. The van der Waals surface area contributed by atoms with E-state index in [1.807, 2.05) is 0 Å². The molecule has 212 valence electrons. The summed E-state index contributed by atoms with van der Waals surface area (Å²) in [6.07, 6.45) is 9.81. The molecule has 0 bridgehead atoms. The molecule has 38 heavy (non-hydrogen) atoms. The van der Waals surface area contributed by atoms with Crippen LogP contribution in [0.4, 0.5) is 0 Å². The molecule has 0 saturated heterocycles. The van der Waals surface area contributed by atoms with Gasteiger partial charge in [-0.15, -0.1) is 0 Å². The van der Waals surface area contributed by atoms with E-state index in [9.17, 15) is 24.6 Å². The van der Waals surface area contributed by atoms with Crippen LogP contribution in [0, 0.1) is 57.7 Å². The van der Waals surface area contributed by atoms with Crippen LogP contribution < -0.4 is 0 Å². The normalized spacial score (nSPS) is 48.7. The molecule has 0 aromatic rings. The Morgan fingerprint density at radius 2 is 1.71 bits per heavy atom. The van der Waals surface area contributed by atoms with Gasteiger partial charge < -0.3 is 19.7 Å². The number of carbonyl (C=O) groups excluding carboxylic acids is 2. The number of aliphatic carboxylic acids is 1. The Bertz CT molecular complexity index is 1000. The van der Waals surface area contributed by atoms with E-state index in [1.54, 1.807) is 0 Å². The number of aliphatic hydroxyl groups excluding tert-OH is 1. The van der Waals surface area contributed by atoms with Crippen LogP contribution >= 0.6 is 0 Å². The summed E-state index contributed by atoms with van der Waals surface area (Å²) in [4.78, 5) is 35.9. The molecular weight excluding hydrogens is 480 g/mol. The van der Waals surface area contributed by atoms with Gasteiger partial charge in [-0.1, -0.05) is 46.3 Å².